The minimum Gasteiger partial charge on any atom is -0.466 e. The molecule has 0 aromatic heterocycles. The fourth-order valence-electron chi connectivity index (χ4n) is 4.14. The summed E-state index contributed by atoms with van der Waals surface area (Å²) in [6.45, 7) is 7.53. The highest BCUT2D eigenvalue weighted by Gasteiger charge is 2.39. The van der Waals surface area contributed by atoms with Crippen molar-refractivity contribution in [3.05, 3.63) is 29.3 Å². The number of esters is 1. The van der Waals surface area contributed by atoms with Crippen molar-refractivity contribution in [1.82, 2.24) is 4.90 Å². The molecule has 0 amide bonds. The number of nitrogens with zero attached hydrogens (tertiary/aromatic N) is 2. The second-order valence-electron chi connectivity index (χ2n) is 6.89. The van der Waals surface area contributed by atoms with Crippen LogP contribution in [0.3, 0.4) is 0 Å². The van der Waals surface area contributed by atoms with Crippen molar-refractivity contribution >= 4 is 11.7 Å². The first-order chi connectivity index (χ1) is 11.1. The number of hydrogen-bond acceptors (Lipinski definition) is 4. The Morgan fingerprint density at radius 2 is 2.22 bits per heavy atom. The lowest BCUT2D eigenvalue weighted by molar-refractivity contribution is -0.142. The minimum atomic E-state index is -0.0876. The fraction of sp³-hybridized carbons (Fsp3) is 0.632. The Morgan fingerprint density at radius 3 is 3.00 bits per heavy atom. The van der Waals surface area contributed by atoms with Gasteiger partial charge in [-0.2, -0.15) is 0 Å². The molecule has 1 fully saturated rings. The Balaban J connectivity index is 1.85. The van der Waals surface area contributed by atoms with Crippen molar-refractivity contribution in [1.29, 1.82) is 0 Å². The molecule has 2 atom stereocenters. The molecule has 4 heteroatoms. The first-order valence-corrected chi connectivity index (χ1v) is 8.81. The van der Waals surface area contributed by atoms with Crippen molar-refractivity contribution in [3.8, 4) is 0 Å². The van der Waals surface area contributed by atoms with Crippen LogP contribution in [0.25, 0.3) is 0 Å². The molecule has 0 spiro atoms. The number of likely N-dealkylation sites (tertiary alicyclic amines) is 1. The zero-order chi connectivity index (χ0) is 16.4. The number of carbonyl (C=O) groups excluding carboxylic acids is 1. The van der Waals surface area contributed by atoms with E-state index < -0.39 is 0 Å². The molecule has 0 saturated carbocycles. The zero-order valence-corrected chi connectivity index (χ0v) is 14.5. The Morgan fingerprint density at radius 1 is 1.39 bits per heavy atom. The van der Waals surface area contributed by atoms with E-state index in [2.05, 4.69) is 42.0 Å². The number of hydrogen-bond donors (Lipinski definition) is 0. The van der Waals surface area contributed by atoms with Gasteiger partial charge in [-0.3, -0.25) is 4.79 Å². The second-order valence-corrected chi connectivity index (χ2v) is 6.89. The second kappa shape index (κ2) is 6.91. The zero-order valence-electron chi connectivity index (χ0n) is 14.5. The first-order valence-electron chi connectivity index (χ1n) is 8.81. The number of rotatable bonds is 4. The van der Waals surface area contributed by atoms with Gasteiger partial charge in [0, 0.05) is 30.7 Å². The van der Waals surface area contributed by atoms with Gasteiger partial charge in [0.25, 0.3) is 0 Å². The molecule has 0 N–H and O–H groups in total. The van der Waals surface area contributed by atoms with E-state index in [4.69, 9.17) is 4.74 Å². The Kier molecular flexibility index (Phi) is 4.90. The molecule has 1 saturated heterocycles. The van der Waals surface area contributed by atoms with E-state index in [0.29, 0.717) is 25.0 Å². The molecular formula is C19H28N2O2. The summed E-state index contributed by atoms with van der Waals surface area (Å²) in [5.41, 5.74) is 4.11. The normalized spacial score (nSPS) is 24.0. The van der Waals surface area contributed by atoms with Crippen LogP contribution in [0.4, 0.5) is 5.69 Å². The SMILES string of the molecule is CCOC(=O)CCN1c2ccc(C)cc2C2CN(C)CCC[C@@H]21. The molecule has 2 aliphatic rings. The predicted molar refractivity (Wildman–Crippen MR) is 93.0 cm³/mol. The summed E-state index contributed by atoms with van der Waals surface area (Å²) in [6.07, 6.45) is 2.90. The van der Waals surface area contributed by atoms with Crippen molar-refractivity contribution in [2.24, 2.45) is 0 Å². The van der Waals surface area contributed by atoms with Crippen LogP contribution in [0.5, 0.6) is 0 Å². The summed E-state index contributed by atoms with van der Waals surface area (Å²) in [5, 5.41) is 0. The molecular weight excluding hydrogens is 288 g/mol. The van der Waals surface area contributed by atoms with Crippen LogP contribution < -0.4 is 4.90 Å². The largest absolute Gasteiger partial charge is 0.466 e. The maximum absolute atomic E-state index is 11.8. The molecule has 0 aliphatic carbocycles. The van der Waals surface area contributed by atoms with Gasteiger partial charge in [-0.25, -0.2) is 0 Å². The van der Waals surface area contributed by atoms with E-state index in [-0.39, 0.29) is 5.97 Å². The van der Waals surface area contributed by atoms with Crippen LogP contribution in [0.1, 0.15) is 43.2 Å². The molecule has 0 radical (unpaired) electrons. The summed E-state index contributed by atoms with van der Waals surface area (Å²) in [5.74, 6) is 0.468. The maximum atomic E-state index is 11.8. The number of ether oxygens (including phenoxy) is 1. The van der Waals surface area contributed by atoms with Gasteiger partial charge in [-0.05, 0) is 51.9 Å². The van der Waals surface area contributed by atoms with Crippen LogP contribution in [0.15, 0.2) is 18.2 Å². The lowest BCUT2D eigenvalue weighted by Crippen LogP contribution is -2.37. The van der Waals surface area contributed by atoms with Crippen LogP contribution in [-0.4, -0.2) is 50.2 Å². The molecule has 2 aliphatic heterocycles. The summed E-state index contributed by atoms with van der Waals surface area (Å²) in [7, 11) is 2.22. The topological polar surface area (TPSA) is 32.8 Å². The fourth-order valence-corrected chi connectivity index (χ4v) is 4.14. The van der Waals surface area contributed by atoms with Crippen LogP contribution in [0, 0.1) is 6.92 Å². The van der Waals surface area contributed by atoms with Gasteiger partial charge in [-0.1, -0.05) is 17.7 Å². The van der Waals surface area contributed by atoms with Gasteiger partial charge in [0.15, 0.2) is 0 Å². The van der Waals surface area contributed by atoms with E-state index in [0.717, 1.165) is 13.1 Å². The molecule has 3 rings (SSSR count). The highest BCUT2D eigenvalue weighted by Crippen LogP contribution is 2.44. The number of carbonyl (C=O) groups is 1. The molecule has 4 nitrogen and oxygen atoms in total. The first kappa shape index (κ1) is 16.3. The van der Waals surface area contributed by atoms with E-state index in [1.54, 1.807) is 0 Å². The molecule has 1 unspecified atom stereocenters. The minimum absolute atomic E-state index is 0.0876. The van der Waals surface area contributed by atoms with Crippen molar-refractivity contribution in [2.75, 3.05) is 38.2 Å². The molecule has 126 valence electrons. The van der Waals surface area contributed by atoms with Crippen molar-refractivity contribution in [2.45, 2.75) is 45.1 Å². The molecule has 1 aromatic carbocycles. The van der Waals surface area contributed by atoms with Gasteiger partial charge >= 0.3 is 5.97 Å². The average molecular weight is 316 g/mol. The van der Waals surface area contributed by atoms with Gasteiger partial charge in [0.2, 0.25) is 0 Å². The predicted octanol–water partition coefficient (Wildman–Crippen LogP) is 2.95. The maximum Gasteiger partial charge on any atom is 0.307 e. The third kappa shape index (κ3) is 3.37. The molecule has 0 bridgehead atoms. The number of anilines is 1. The Hall–Kier alpha value is -1.55. The van der Waals surface area contributed by atoms with E-state index >= 15 is 0 Å². The van der Waals surface area contributed by atoms with Crippen LogP contribution in [0.2, 0.25) is 0 Å². The van der Waals surface area contributed by atoms with Gasteiger partial charge in [-0.15, -0.1) is 0 Å². The standard InChI is InChI=1S/C19H28N2O2/c1-4-23-19(22)9-11-21-17-6-5-10-20(3)13-16(17)15-12-14(2)7-8-18(15)21/h7-8,12,16-17H,4-6,9-11,13H2,1-3H3/t16?,17-/m0/s1. The number of aryl methyl sites for hydroxylation is 1. The van der Waals surface area contributed by atoms with E-state index in [1.807, 2.05) is 6.92 Å². The summed E-state index contributed by atoms with van der Waals surface area (Å²) >= 11 is 0. The lowest BCUT2D eigenvalue weighted by Gasteiger charge is -2.29. The number of likely N-dealkylation sites (N-methyl/N-ethyl adjacent to an activating group) is 1. The highest BCUT2D eigenvalue weighted by atomic mass is 16.5. The monoisotopic (exact) mass is 316 g/mol. The van der Waals surface area contributed by atoms with E-state index in [9.17, 15) is 4.79 Å². The molecule has 1 aromatic rings. The summed E-state index contributed by atoms with van der Waals surface area (Å²) < 4.78 is 5.11. The van der Waals surface area contributed by atoms with Gasteiger partial charge in [0.05, 0.1) is 13.0 Å². The molecule has 23 heavy (non-hydrogen) atoms. The summed E-state index contributed by atoms with van der Waals surface area (Å²) in [6, 6.07) is 7.29. The highest BCUT2D eigenvalue weighted by molar-refractivity contribution is 5.71. The van der Waals surface area contributed by atoms with Crippen molar-refractivity contribution < 1.29 is 9.53 Å². The average Bonchev–Trinajstić information content (AvgIpc) is 2.66. The quantitative estimate of drug-likeness (QED) is 0.800. The third-order valence-corrected chi connectivity index (χ3v) is 5.17. The third-order valence-electron chi connectivity index (χ3n) is 5.17. The van der Waals surface area contributed by atoms with Crippen molar-refractivity contribution in [3.63, 3.8) is 0 Å². The van der Waals surface area contributed by atoms with Crippen LogP contribution >= 0.6 is 0 Å². The Bertz CT molecular complexity index is 572. The van der Waals surface area contributed by atoms with E-state index in [1.165, 1.54) is 36.2 Å². The van der Waals surface area contributed by atoms with Gasteiger partial charge in [0.1, 0.15) is 0 Å². The number of fused-ring (bicyclic) bond motifs is 3. The number of benzene rings is 1. The smallest absolute Gasteiger partial charge is 0.307 e. The molecule has 2 heterocycles. The Labute approximate surface area is 139 Å². The summed E-state index contributed by atoms with van der Waals surface area (Å²) in [4.78, 5) is 16.7. The van der Waals surface area contributed by atoms with Gasteiger partial charge < -0.3 is 14.5 Å². The lowest BCUT2D eigenvalue weighted by atomic mass is 9.92. The van der Waals surface area contributed by atoms with Crippen LogP contribution in [-0.2, 0) is 9.53 Å².